The third-order valence-electron chi connectivity index (χ3n) is 7.26. The summed E-state index contributed by atoms with van der Waals surface area (Å²) in [4.78, 5) is 2.69. The number of aromatic nitrogens is 2. The van der Waals surface area contributed by atoms with Crippen molar-refractivity contribution >= 4 is 21.5 Å². The third-order valence-corrected chi connectivity index (χ3v) is 8.53. The fraction of sp³-hybridized carbons (Fsp3) is 0.583. The van der Waals surface area contributed by atoms with E-state index in [0.29, 0.717) is 35.4 Å². The Balaban J connectivity index is 1.14. The molecule has 33 heavy (non-hydrogen) atoms. The number of hydrogen-bond acceptors (Lipinski definition) is 7. The molecule has 2 aromatic rings. The van der Waals surface area contributed by atoms with Crippen LogP contribution < -0.4 is 10.0 Å². The van der Waals surface area contributed by atoms with Crippen LogP contribution in [0, 0.1) is 11.8 Å². The molecule has 1 saturated carbocycles. The van der Waals surface area contributed by atoms with Gasteiger partial charge in [0.1, 0.15) is 5.82 Å². The molecule has 9 heteroatoms. The third kappa shape index (κ3) is 5.15. The number of ether oxygens (including phenoxy) is 1. The van der Waals surface area contributed by atoms with Gasteiger partial charge in [-0.3, -0.25) is 9.62 Å². The average molecular weight is 472 g/mol. The second-order valence-electron chi connectivity index (χ2n) is 10.3. The van der Waals surface area contributed by atoms with Gasteiger partial charge in [0.2, 0.25) is 0 Å². The highest BCUT2D eigenvalue weighted by Gasteiger charge is 2.44. The topological polar surface area (TPSA) is 96.5 Å². The van der Waals surface area contributed by atoms with Crippen LogP contribution in [-0.4, -0.2) is 60.9 Å². The summed E-state index contributed by atoms with van der Waals surface area (Å²) in [6.07, 6.45) is 4.47. The van der Waals surface area contributed by atoms with Crippen molar-refractivity contribution in [1.29, 1.82) is 0 Å². The number of benzene rings is 1. The lowest BCUT2D eigenvalue weighted by atomic mass is 9.93. The first-order valence-corrected chi connectivity index (χ1v) is 13.3. The van der Waals surface area contributed by atoms with Crippen LogP contribution in [0.5, 0.6) is 0 Å². The van der Waals surface area contributed by atoms with E-state index in [9.17, 15) is 8.42 Å². The largest absolute Gasteiger partial charge is 0.375 e. The molecule has 2 unspecified atom stereocenters. The lowest BCUT2D eigenvalue weighted by Gasteiger charge is -2.40. The predicted molar refractivity (Wildman–Crippen MR) is 128 cm³/mol. The number of sulfonamides is 1. The second-order valence-corrected chi connectivity index (χ2v) is 11.9. The zero-order valence-corrected chi connectivity index (χ0v) is 20.1. The van der Waals surface area contributed by atoms with Gasteiger partial charge in [0.15, 0.2) is 5.03 Å². The summed E-state index contributed by atoms with van der Waals surface area (Å²) in [6.45, 7) is 7.59. The van der Waals surface area contributed by atoms with Crippen molar-refractivity contribution in [1.82, 2.24) is 15.1 Å². The molecule has 2 aliphatic heterocycles. The van der Waals surface area contributed by atoms with Gasteiger partial charge >= 0.3 is 0 Å². The fourth-order valence-corrected chi connectivity index (χ4v) is 6.67. The zero-order valence-electron chi connectivity index (χ0n) is 19.3. The Morgan fingerprint density at radius 1 is 1.03 bits per heavy atom. The lowest BCUT2D eigenvalue weighted by molar-refractivity contribution is -0.0811. The minimum absolute atomic E-state index is 0.0143. The van der Waals surface area contributed by atoms with Gasteiger partial charge in [-0.25, -0.2) is 0 Å². The smallest absolute Gasteiger partial charge is 0.281 e. The zero-order chi connectivity index (χ0) is 23.1. The molecule has 0 amide bonds. The molecule has 178 valence electrons. The highest BCUT2D eigenvalue weighted by atomic mass is 32.2. The molecule has 5 rings (SSSR count). The molecule has 1 aliphatic carbocycles. The van der Waals surface area contributed by atoms with Crippen LogP contribution in [0.25, 0.3) is 0 Å². The van der Waals surface area contributed by atoms with Crippen molar-refractivity contribution in [2.24, 2.45) is 11.8 Å². The van der Waals surface area contributed by atoms with Crippen molar-refractivity contribution in [2.75, 3.05) is 29.7 Å². The molecular formula is C24H33N5O3S. The summed E-state index contributed by atoms with van der Waals surface area (Å²) in [5.41, 5.74) is 0.483. The molecule has 0 spiro atoms. The van der Waals surface area contributed by atoms with Gasteiger partial charge < -0.3 is 10.1 Å². The van der Waals surface area contributed by atoms with Crippen LogP contribution in [0.3, 0.4) is 0 Å². The van der Waals surface area contributed by atoms with E-state index in [1.807, 2.05) is 6.07 Å². The Labute approximate surface area is 196 Å². The molecular weight excluding hydrogens is 438 g/mol. The highest BCUT2D eigenvalue weighted by Crippen LogP contribution is 2.41. The molecule has 4 atom stereocenters. The first-order chi connectivity index (χ1) is 15.8. The Bertz CT molecular complexity index is 1050. The van der Waals surface area contributed by atoms with Crippen LogP contribution in [0.4, 0.5) is 11.5 Å². The minimum Gasteiger partial charge on any atom is -0.375 e. The van der Waals surface area contributed by atoms with E-state index in [4.69, 9.17) is 4.74 Å². The molecule has 0 bridgehead atoms. The van der Waals surface area contributed by atoms with E-state index in [1.165, 1.54) is 6.07 Å². The predicted octanol–water partition coefficient (Wildman–Crippen LogP) is 3.36. The van der Waals surface area contributed by atoms with Crippen LogP contribution in [0.15, 0.2) is 47.5 Å². The quantitative estimate of drug-likeness (QED) is 0.667. The summed E-state index contributed by atoms with van der Waals surface area (Å²) in [5, 5.41) is 11.5. The normalized spacial score (nSPS) is 29.5. The van der Waals surface area contributed by atoms with Crippen LogP contribution in [0.1, 0.15) is 39.5 Å². The number of para-hydroxylation sites is 1. The Morgan fingerprint density at radius 2 is 1.76 bits per heavy atom. The molecule has 3 heterocycles. The minimum atomic E-state index is -3.76. The van der Waals surface area contributed by atoms with Crippen LogP contribution >= 0.6 is 0 Å². The summed E-state index contributed by atoms with van der Waals surface area (Å²) in [6, 6.07) is 13.0. The monoisotopic (exact) mass is 471 g/mol. The van der Waals surface area contributed by atoms with Gasteiger partial charge in [-0.1, -0.05) is 18.2 Å². The molecule has 0 radical (unpaired) electrons. The van der Waals surface area contributed by atoms with E-state index in [-0.39, 0.29) is 10.6 Å². The van der Waals surface area contributed by atoms with Crippen molar-refractivity contribution in [3.05, 3.63) is 42.5 Å². The van der Waals surface area contributed by atoms with Crippen molar-refractivity contribution < 1.29 is 13.2 Å². The molecule has 2 saturated heterocycles. The number of fused-ring (bicyclic) bond motifs is 1. The molecule has 3 fully saturated rings. The summed E-state index contributed by atoms with van der Waals surface area (Å²) in [7, 11) is -3.76. The first-order valence-electron chi connectivity index (χ1n) is 11.8. The van der Waals surface area contributed by atoms with Crippen LogP contribution in [-0.2, 0) is 14.8 Å². The van der Waals surface area contributed by atoms with Gasteiger partial charge in [0, 0.05) is 37.5 Å². The number of rotatable bonds is 6. The van der Waals surface area contributed by atoms with Crippen molar-refractivity contribution in [3.8, 4) is 0 Å². The molecule has 2 N–H and O–H groups in total. The number of nitrogens with one attached hydrogen (secondary N) is 2. The summed E-state index contributed by atoms with van der Waals surface area (Å²) in [5.74, 6) is 2.04. The van der Waals surface area contributed by atoms with E-state index in [0.717, 1.165) is 45.4 Å². The van der Waals surface area contributed by atoms with Crippen LogP contribution in [0.2, 0.25) is 0 Å². The Morgan fingerprint density at radius 3 is 2.39 bits per heavy atom. The van der Waals surface area contributed by atoms with Gasteiger partial charge in [-0.2, -0.15) is 8.42 Å². The van der Waals surface area contributed by atoms with E-state index >= 15 is 0 Å². The Hall–Kier alpha value is -2.23. The molecule has 3 aliphatic rings. The number of hydrogen-bond donors (Lipinski definition) is 2. The standard InChI is InChI=1S/C24H33N5O3S/c1-24(2)14-21(10-11-32-24)29-15-17-12-20(13-18(17)16-29)25-22-8-9-23(27-26-22)33(30,31)28-19-6-4-3-5-7-19/h3-9,17-18,20-21,28H,10-16H2,1-2H3,(H,25,26)/t17-,18+,20?,21?. The summed E-state index contributed by atoms with van der Waals surface area (Å²) >= 11 is 0. The second kappa shape index (κ2) is 8.85. The van der Waals surface area contributed by atoms with Gasteiger partial charge in [0.05, 0.1) is 5.60 Å². The fourth-order valence-electron chi connectivity index (χ4n) is 5.73. The lowest BCUT2D eigenvalue weighted by Crippen LogP contribution is -2.45. The van der Waals surface area contributed by atoms with Crippen molar-refractivity contribution in [3.63, 3.8) is 0 Å². The van der Waals surface area contributed by atoms with Gasteiger partial charge in [-0.15, -0.1) is 10.2 Å². The van der Waals surface area contributed by atoms with Gasteiger partial charge in [-0.05, 0) is 75.6 Å². The van der Waals surface area contributed by atoms with E-state index in [1.54, 1.807) is 30.3 Å². The maximum absolute atomic E-state index is 12.5. The highest BCUT2D eigenvalue weighted by molar-refractivity contribution is 7.92. The van der Waals surface area contributed by atoms with Crippen molar-refractivity contribution in [2.45, 2.75) is 62.2 Å². The maximum Gasteiger partial charge on any atom is 0.281 e. The maximum atomic E-state index is 12.5. The van der Waals surface area contributed by atoms with Gasteiger partial charge in [0.25, 0.3) is 10.0 Å². The van der Waals surface area contributed by atoms with E-state index in [2.05, 4.69) is 39.0 Å². The summed E-state index contributed by atoms with van der Waals surface area (Å²) < 4.78 is 33.5. The molecule has 1 aromatic carbocycles. The number of nitrogens with zero attached hydrogens (tertiary/aromatic N) is 3. The molecule has 1 aromatic heterocycles. The first kappa shape index (κ1) is 22.6. The SMILES string of the molecule is CC1(C)CC(N2C[C@H]3CC(Nc4ccc(S(=O)(=O)Nc5ccccc5)nn4)C[C@H]3C2)CCO1. The van der Waals surface area contributed by atoms with E-state index < -0.39 is 10.0 Å². The number of likely N-dealkylation sites (tertiary alicyclic amines) is 1. The Kier molecular flexibility index (Phi) is 6.05. The molecule has 8 nitrogen and oxygen atoms in total. The average Bonchev–Trinajstić information content (AvgIpc) is 3.33. The number of anilines is 2.